The molecule has 0 spiro atoms. The van der Waals surface area contributed by atoms with Gasteiger partial charge in [0.15, 0.2) is 5.82 Å². The summed E-state index contributed by atoms with van der Waals surface area (Å²) in [4.78, 5) is 10.7. The van der Waals surface area contributed by atoms with Crippen LogP contribution in [-0.4, -0.2) is 18.6 Å². The fraction of sp³-hybridized carbons (Fsp3) is 0.167. The van der Waals surface area contributed by atoms with Crippen molar-refractivity contribution in [2.75, 3.05) is 4.72 Å². The molecule has 0 aliphatic heterocycles. The number of rotatable bonds is 4. The number of benzene rings is 1. The molecule has 1 aromatic heterocycles. The Morgan fingerprint density at radius 2 is 2.10 bits per heavy atom. The molecule has 0 aliphatic rings. The summed E-state index contributed by atoms with van der Waals surface area (Å²) < 4.78 is 40.5. The van der Waals surface area contributed by atoms with Crippen molar-refractivity contribution in [3.05, 3.63) is 51.6 Å². The lowest BCUT2D eigenvalue weighted by Crippen LogP contribution is -2.18. The Morgan fingerprint density at radius 1 is 1.38 bits per heavy atom. The van der Waals surface area contributed by atoms with Gasteiger partial charge >= 0.3 is 0 Å². The van der Waals surface area contributed by atoms with E-state index in [1.54, 1.807) is 0 Å². The van der Waals surface area contributed by atoms with Crippen molar-refractivity contribution in [2.24, 2.45) is 5.73 Å². The molecule has 21 heavy (non-hydrogen) atoms. The number of aromatic nitrogens is 2. The van der Waals surface area contributed by atoms with Crippen LogP contribution in [-0.2, 0) is 16.6 Å². The summed E-state index contributed by atoms with van der Waals surface area (Å²) in [5.41, 5.74) is 5.28. The molecule has 0 amide bonds. The molecule has 0 fully saturated rings. The number of nitrogens with zero attached hydrogens (tertiary/aromatic N) is 1. The normalized spacial score (nSPS) is 11.4. The molecule has 0 saturated heterocycles. The van der Waals surface area contributed by atoms with Gasteiger partial charge < -0.3 is 5.73 Å². The summed E-state index contributed by atoms with van der Waals surface area (Å²) in [6.07, 6.45) is 0. The smallest absolute Gasteiger partial charge is 0.264 e. The maximum atomic E-state index is 13.7. The molecular formula is C12H13FN4O3S. The molecule has 0 bridgehead atoms. The first kappa shape index (κ1) is 15.1. The van der Waals surface area contributed by atoms with Gasteiger partial charge in [0.05, 0.1) is 4.90 Å². The number of hydrogen-bond acceptors (Lipinski definition) is 5. The second-order valence-corrected chi connectivity index (χ2v) is 5.97. The number of sulfonamides is 1. The molecule has 4 N–H and O–H groups in total. The highest BCUT2D eigenvalue weighted by Crippen LogP contribution is 2.22. The van der Waals surface area contributed by atoms with Crippen LogP contribution < -0.4 is 16.0 Å². The molecule has 1 heterocycles. The summed E-state index contributed by atoms with van der Waals surface area (Å²) in [5, 5.41) is 5.63. The van der Waals surface area contributed by atoms with Crippen LogP contribution in [0, 0.1) is 12.7 Å². The van der Waals surface area contributed by atoms with Crippen molar-refractivity contribution in [3.63, 3.8) is 0 Å². The molecule has 0 saturated carbocycles. The van der Waals surface area contributed by atoms with Crippen molar-refractivity contribution in [2.45, 2.75) is 18.4 Å². The lowest BCUT2D eigenvalue weighted by atomic mass is 10.1. The van der Waals surface area contributed by atoms with E-state index in [0.29, 0.717) is 5.56 Å². The monoisotopic (exact) mass is 312 g/mol. The molecule has 1 aromatic carbocycles. The van der Waals surface area contributed by atoms with Crippen LogP contribution >= 0.6 is 0 Å². The van der Waals surface area contributed by atoms with Gasteiger partial charge in [0.1, 0.15) is 5.82 Å². The number of halogens is 1. The lowest BCUT2D eigenvalue weighted by Gasteiger charge is -2.11. The third kappa shape index (κ3) is 3.26. The fourth-order valence-electron chi connectivity index (χ4n) is 1.70. The standard InChI is InChI=1S/C12H13FN4O3S/c1-7-9(13)4-8(6-14)5-10(7)21(19,20)17-11-2-3-12(18)16-15-11/h2-5H,6,14H2,1H3,(H,15,17)(H,16,18). The first-order chi connectivity index (χ1) is 9.83. The van der Waals surface area contributed by atoms with E-state index in [9.17, 15) is 17.6 Å². The molecule has 0 unspecified atom stereocenters. The second-order valence-electron chi connectivity index (χ2n) is 4.32. The van der Waals surface area contributed by atoms with Crippen molar-refractivity contribution >= 4 is 15.8 Å². The Kier molecular flexibility index (Phi) is 4.05. The van der Waals surface area contributed by atoms with E-state index >= 15 is 0 Å². The summed E-state index contributed by atoms with van der Waals surface area (Å²) in [7, 11) is -4.04. The Hall–Kier alpha value is -2.26. The van der Waals surface area contributed by atoms with E-state index in [-0.39, 0.29) is 22.8 Å². The third-order valence-corrected chi connectivity index (χ3v) is 4.28. The highest BCUT2D eigenvalue weighted by atomic mass is 32.2. The minimum atomic E-state index is -4.04. The minimum Gasteiger partial charge on any atom is -0.326 e. The zero-order valence-corrected chi connectivity index (χ0v) is 11.9. The van der Waals surface area contributed by atoms with Gasteiger partial charge in [-0.3, -0.25) is 9.52 Å². The van der Waals surface area contributed by atoms with E-state index < -0.39 is 21.4 Å². The topological polar surface area (TPSA) is 118 Å². The van der Waals surface area contributed by atoms with Crippen LogP contribution in [0.1, 0.15) is 11.1 Å². The zero-order valence-electron chi connectivity index (χ0n) is 11.1. The minimum absolute atomic E-state index is 0.0105. The van der Waals surface area contributed by atoms with Crippen LogP contribution in [0.3, 0.4) is 0 Å². The number of anilines is 1. The zero-order chi connectivity index (χ0) is 15.6. The van der Waals surface area contributed by atoms with E-state index in [1.165, 1.54) is 25.1 Å². The van der Waals surface area contributed by atoms with E-state index in [2.05, 4.69) is 14.9 Å². The van der Waals surface area contributed by atoms with Crippen LogP contribution in [0.15, 0.2) is 34.0 Å². The van der Waals surface area contributed by atoms with E-state index in [1.807, 2.05) is 0 Å². The number of H-pyrrole nitrogens is 1. The van der Waals surface area contributed by atoms with Crippen molar-refractivity contribution in [1.29, 1.82) is 0 Å². The molecule has 0 radical (unpaired) electrons. The Balaban J connectivity index is 2.46. The van der Waals surface area contributed by atoms with Gasteiger partial charge in [0, 0.05) is 18.2 Å². The number of nitrogens with one attached hydrogen (secondary N) is 2. The first-order valence-corrected chi connectivity index (χ1v) is 7.39. The maximum absolute atomic E-state index is 13.7. The SMILES string of the molecule is Cc1c(F)cc(CN)cc1S(=O)(=O)Nc1ccc(=O)[nH]n1. The average molecular weight is 312 g/mol. The molecule has 7 nitrogen and oxygen atoms in total. The summed E-state index contributed by atoms with van der Waals surface area (Å²) in [6.45, 7) is 1.36. The number of hydrogen-bond donors (Lipinski definition) is 3. The molecule has 0 aliphatic carbocycles. The number of aromatic amines is 1. The predicted molar refractivity (Wildman–Crippen MR) is 74.7 cm³/mol. The Morgan fingerprint density at radius 3 is 2.67 bits per heavy atom. The molecule has 9 heteroatoms. The highest BCUT2D eigenvalue weighted by molar-refractivity contribution is 7.92. The van der Waals surface area contributed by atoms with Gasteiger partial charge in [-0.2, -0.15) is 5.10 Å². The Labute approximate surface area is 120 Å². The highest BCUT2D eigenvalue weighted by Gasteiger charge is 2.20. The van der Waals surface area contributed by atoms with E-state index in [0.717, 1.165) is 6.07 Å². The van der Waals surface area contributed by atoms with Crippen LogP contribution in [0.5, 0.6) is 0 Å². The number of nitrogens with two attached hydrogens (primary N) is 1. The van der Waals surface area contributed by atoms with Gasteiger partial charge in [0.2, 0.25) is 0 Å². The quantitative estimate of drug-likeness (QED) is 0.759. The van der Waals surface area contributed by atoms with Crippen molar-refractivity contribution < 1.29 is 12.8 Å². The average Bonchev–Trinajstić information content (AvgIpc) is 2.43. The van der Waals surface area contributed by atoms with Crippen LogP contribution in [0.25, 0.3) is 0 Å². The van der Waals surface area contributed by atoms with Gasteiger partial charge in [0.25, 0.3) is 15.6 Å². The van der Waals surface area contributed by atoms with Crippen LogP contribution in [0.2, 0.25) is 0 Å². The van der Waals surface area contributed by atoms with Gasteiger partial charge in [-0.1, -0.05) is 0 Å². The fourth-order valence-corrected chi connectivity index (χ4v) is 3.00. The van der Waals surface area contributed by atoms with Crippen molar-refractivity contribution in [3.8, 4) is 0 Å². The van der Waals surface area contributed by atoms with Crippen LogP contribution in [0.4, 0.5) is 10.2 Å². The van der Waals surface area contributed by atoms with Gasteiger partial charge in [-0.05, 0) is 30.7 Å². The lowest BCUT2D eigenvalue weighted by molar-refractivity contribution is 0.589. The molecule has 0 atom stereocenters. The predicted octanol–water partition coefficient (Wildman–Crippen LogP) is 0.477. The van der Waals surface area contributed by atoms with E-state index in [4.69, 9.17) is 5.73 Å². The molecule has 112 valence electrons. The Bertz CT molecular complexity index is 812. The summed E-state index contributed by atoms with van der Waals surface area (Å²) in [5.74, 6) is -0.736. The molecular weight excluding hydrogens is 299 g/mol. The van der Waals surface area contributed by atoms with Gasteiger partial charge in [-0.15, -0.1) is 0 Å². The van der Waals surface area contributed by atoms with Crippen molar-refractivity contribution in [1.82, 2.24) is 10.2 Å². The maximum Gasteiger partial charge on any atom is 0.264 e. The summed E-state index contributed by atoms with van der Waals surface area (Å²) in [6, 6.07) is 4.81. The molecule has 2 aromatic rings. The van der Waals surface area contributed by atoms with Gasteiger partial charge in [-0.25, -0.2) is 17.9 Å². The molecule has 2 rings (SSSR count). The summed E-state index contributed by atoms with van der Waals surface area (Å²) >= 11 is 0. The first-order valence-electron chi connectivity index (χ1n) is 5.91. The third-order valence-electron chi connectivity index (χ3n) is 2.80. The second kappa shape index (κ2) is 5.62. The largest absolute Gasteiger partial charge is 0.326 e.